The van der Waals surface area contributed by atoms with E-state index in [4.69, 9.17) is 4.74 Å². The topological polar surface area (TPSA) is 69.0 Å². The number of ether oxygens (including phenoxy) is 1. The monoisotopic (exact) mass is 362 g/mol. The predicted octanol–water partition coefficient (Wildman–Crippen LogP) is 2.60. The van der Waals surface area contributed by atoms with Gasteiger partial charge < -0.3 is 9.64 Å². The maximum Gasteiger partial charge on any atom is 0.228 e. The van der Waals surface area contributed by atoms with Gasteiger partial charge >= 0.3 is 0 Å². The van der Waals surface area contributed by atoms with E-state index < -0.39 is 0 Å². The smallest absolute Gasteiger partial charge is 0.228 e. The van der Waals surface area contributed by atoms with E-state index in [1.807, 2.05) is 0 Å². The van der Waals surface area contributed by atoms with E-state index in [9.17, 15) is 0 Å². The van der Waals surface area contributed by atoms with Gasteiger partial charge in [0.2, 0.25) is 5.95 Å². The van der Waals surface area contributed by atoms with Gasteiger partial charge in [-0.1, -0.05) is 0 Å². The summed E-state index contributed by atoms with van der Waals surface area (Å²) in [6.07, 6.45) is 1.62. The van der Waals surface area contributed by atoms with Crippen LogP contribution in [0.4, 0.5) is 5.95 Å². The lowest BCUT2D eigenvalue weighted by atomic mass is 10.4. The molecular formula is C15H18N6OS2. The molecule has 0 aliphatic carbocycles. The molecule has 1 aliphatic heterocycles. The van der Waals surface area contributed by atoms with Crippen LogP contribution in [0, 0.1) is 6.92 Å². The fraction of sp³-hybridized carbons (Fsp3) is 0.467. The van der Waals surface area contributed by atoms with Gasteiger partial charge in [0.05, 0.1) is 13.2 Å². The fourth-order valence-corrected chi connectivity index (χ4v) is 4.61. The summed E-state index contributed by atoms with van der Waals surface area (Å²) in [6, 6.07) is 2.14. The number of hydrogen-bond acceptors (Lipinski definition) is 8. The van der Waals surface area contributed by atoms with Crippen molar-refractivity contribution in [2.45, 2.75) is 30.6 Å². The molecule has 3 aromatic rings. The predicted molar refractivity (Wildman–Crippen MR) is 95.0 cm³/mol. The van der Waals surface area contributed by atoms with E-state index in [2.05, 4.69) is 49.5 Å². The van der Waals surface area contributed by atoms with Gasteiger partial charge in [-0.2, -0.15) is 0 Å². The van der Waals surface area contributed by atoms with Crippen LogP contribution in [-0.4, -0.2) is 51.0 Å². The standard InChI is InChI=1S/C15H18N6OS2/c1-3-21-14(20-4-6-22-7-5-20)18-19-15(21)24-13-11-8-10(2)23-12(11)16-9-17-13/h8-9H,3-7H2,1-2H3. The van der Waals surface area contributed by atoms with Gasteiger partial charge in [-0.15, -0.1) is 21.5 Å². The number of hydrogen-bond donors (Lipinski definition) is 0. The Morgan fingerprint density at radius 1 is 1.25 bits per heavy atom. The second-order valence-corrected chi connectivity index (χ2v) is 7.67. The van der Waals surface area contributed by atoms with Gasteiger partial charge in [0.25, 0.3) is 0 Å². The Labute approximate surface area is 148 Å². The first-order valence-electron chi connectivity index (χ1n) is 7.91. The first-order valence-corrected chi connectivity index (χ1v) is 9.54. The minimum absolute atomic E-state index is 0.736. The summed E-state index contributed by atoms with van der Waals surface area (Å²) in [5.41, 5.74) is 0. The Hall–Kier alpha value is -1.71. The van der Waals surface area contributed by atoms with Crippen LogP contribution in [0.2, 0.25) is 0 Å². The molecule has 0 saturated carbocycles. The second kappa shape index (κ2) is 6.66. The highest BCUT2D eigenvalue weighted by molar-refractivity contribution is 7.99. The van der Waals surface area contributed by atoms with E-state index in [1.165, 1.54) is 4.88 Å². The van der Waals surface area contributed by atoms with Crippen molar-refractivity contribution in [2.24, 2.45) is 0 Å². The molecule has 0 unspecified atom stereocenters. The second-order valence-electron chi connectivity index (χ2n) is 5.48. The van der Waals surface area contributed by atoms with Crippen LogP contribution in [0.25, 0.3) is 10.2 Å². The van der Waals surface area contributed by atoms with E-state index in [0.29, 0.717) is 0 Å². The molecule has 24 heavy (non-hydrogen) atoms. The molecule has 1 fully saturated rings. The van der Waals surface area contributed by atoms with Crippen molar-refractivity contribution in [1.82, 2.24) is 24.7 Å². The third kappa shape index (κ3) is 2.87. The van der Waals surface area contributed by atoms with E-state index in [1.54, 1.807) is 29.4 Å². The van der Waals surface area contributed by atoms with E-state index in [0.717, 1.165) is 59.2 Å². The molecule has 1 aliphatic rings. The zero-order valence-corrected chi connectivity index (χ0v) is 15.2. The fourth-order valence-electron chi connectivity index (χ4n) is 2.75. The number of aryl methyl sites for hydroxylation is 1. The largest absolute Gasteiger partial charge is 0.378 e. The summed E-state index contributed by atoms with van der Waals surface area (Å²) in [6.45, 7) is 8.19. The van der Waals surface area contributed by atoms with Crippen molar-refractivity contribution >= 4 is 39.3 Å². The zero-order chi connectivity index (χ0) is 16.5. The number of rotatable bonds is 4. The number of nitrogens with zero attached hydrogens (tertiary/aromatic N) is 6. The third-order valence-electron chi connectivity index (χ3n) is 3.91. The average Bonchev–Trinajstić information content (AvgIpc) is 3.18. The van der Waals surface area contributed by atoms with Crippen LogP contribution in [0.3, 0.4) is 0 Å². The minimum atomic E-state index is 0.736. The summed E-state index contributed by atoms with van der Waals surface area (Å²) < 4.78 is 7.57. The third-order valence-corrected chi connectivity index (χ3v) is 5.87. The Morgan fingerprint density at radius 2 is 2.08 bits per heavy atom. The molecule has 0 N–H and O–H groups in total. The Bertz CT molecular complexity index is 855. The van der Waals surface area contributed by atoms with E-state index in [-0.39, 0.29) is 0 Å². The van der Waals surface area contributed by atoms with Crippen molar-refractivity contribution in [3.05, 3.63) is 17.3 Å². The number of morpholine rings is 1. The van der Waals surface area contributed by atoms with Gasteiger partial charge in [-0.3, -0.25) is 4.57 Å². The summed E-state index contributed by atoms with van der Waals surface area (Å²) in [5, 5.41) is 11.7. The van der Waals surface area contributed by atoms with Crippen LogP contribution < -0.4 is 4.90 Å². The van der Waals surface area contributed by atoms with Crippen molar-refractivity contribution in [1.29, 1.82) is 0 Å². The maximum atomic E-state index is 5.43. The molecule has 7 nitrogen and oxygen atoms in total. The lowest BCUT2D eigenvalue weighted by Gasteiger charge is -2.27. The first-order chi connectivity index (χ1) is 11.8. The van der Waals surface area contributed by atoms with Crippen molar-refractivity contribution in [3.63, 3.8) is 0 Å². The van der Waals surface area contributed by atoms with Gasteiger partial charge in [0, 0.05) is 29.9 Å². The molecule has 9 heteroatoms. The molecule has 0 atom stereocenters. The van der Waals surface area contributed by atoms with Crippen LogP contribution in [-0.2, 0) is 11.3 Å². The molecule has 4 rings (SSSR count). The van der Waals surface area contributed by atoms with Gasteiger partial charge in [-0.05, 0) is 31.7 Å². The summed E-state index contributed by atoms with van der Waals surface area (Å²) in [5.74, 6) is 0.912. The summed E-state index contributed by atoms with van der Waals surface area (Å²) >= 11 is 3.24. The van der Waals surface area contributed by atoms with Gasteiger partial charge in [-0.25, -0.2) is 9.97 Å². The van der Waals surface area contributed by atoms with Gasteiger partial charge in [0.1, 0.15) is 16.2 Å². The summed E-state index contributed by atoms with van der Waals surface area (Å²) in [7, 11) is 0. The molecular weight excluding hydrogens is 344 g/mol. The molecule has 0 aromatic carbocycles. The van der Waals surface area contributed by atoms with Crippen molar-refractivity contribution in [2.75, 3.05) is 31.2 Å². The lowest BCUT2D eigenvalue weighted by Crippen LogP contribution is -2.38. The van der Waals surface area contributed by atoms with Crippen LogP contribution in [0.15, 0.2) is 22.6 Å². The minimum Gasteiger partial charge on any atom is -0.378 e. The van der Waals surface area contributed by atoms with Gasteiger partial charge in [0.15, 0.2) is 5.16 Å². The SMILES string of the molecule is CCn1c(Sc2ncnc3sc(C)cc23)nnc1N1CCOCC1. The van der Waals surface area contributed by atoms with Crippen LogP contribution >= 0.6 is 23.1 Å². The molecule has 126 valence electrons. The number of anilines is 1. The average molecular weight is 362 g/mol. The maximum absolute atomic E-state index is 5.43. The van der Waals surface area contributed by atoms with Crippen LogP contribution in [0.1, 0.15) is 11.8 Å². The highest BCUT2D eigenvalue weighted by Gasteiger charge is 2.21. The Kier molecular flexibility index (Phi) is 4.38. The molecule has 0 radical (unpaired) electrons. The molecule has 3 aromatic heterocycles. The molecule has 1 saturated heterocycles. The molecule has 0 bridgehead atoms. The zero-order valence-electron chi connectivity index (χ0n) is 13.6. The first kappa shape index (κ1) is 15.8. The summed E-state index contributed by atoms with van der Waals surface area (Å²) in [4.78, 5) is 13.3. The molecule has 0 amide bonds. The Morgan fingerprint density at radius 3 is 2.88 bits per heavy atom. The quantitative estimate of drug-likeness (QED) is 0.661. The van der Waals surface area contributed by atoms with Crippen molar-refractivity contribution < 1.29 is 4.74 Å². The van der Waals surface area contributed by atoms with Crippen molar-refractivity contribution in [3.8, 4) is 0 Å². The lowest BCUT2D eigenvalue weighted by molar-refractivity contribution is 0.121. The van der Waals surface area contributed by atoms with Crippen LogP contribution in [0.5, 0.6) is 0 Å². The highest BCUT2D eigenvalue weighted by atomic mass is 32.2. The number of thiophene rings is 1. The molecule has 4 heterocycles. The van der Waals surface area contributed by atoms with E-state index >= 15 is 0 Å². The number of aromatic nitrogens is 5. The molecule has 0 spiro atoms. The Balaban J connectivity index is 1.67. The highest BCUT2D eigenvalue weighted by Crippen LogP contribution is 2.34. The number of fused-ring (bicyclic) bond motifs is 1. The normalized spacial score (nSPS) is 15.3.